The SMILES string of the molecule is COc1ccc(CNc2ccc3c(F)ccc(B(O)O)c3n2)c(OC)c1. The van der Waals surface area contributed by atoms with Crippen LogP contribution in [-0.2, 0) is 6.54 Å². The fourth-order valence-electron chi connectivity index (χ4n) is 2.69. The summed E-state index contributed by atoms with van der Waals surface area (Å²) >= 11 is 0. The minimum atomic E-state index is -1.73. The Balaban J connectivity index is 1.89. The molecule has 1 aromatic heterocycles. The standard InChI is InChI=1S/C18H18BFN2O4/c1-25-12-4-3-11(16(9-12)26-2)10-21-17-8-5-13-15(20)7-6-14(19(23)24)18(13)22-17/h3-9,23-24H,10H2,1-2H3,(H,21,22). The molecule has 0 atom stereocenters. The molecule has 0 radical (unpaired) electrons. The van der Waals surface area contributed by atoms with Gasteiger partial charge in [0.2, 0.25) is 0 Å². The predicted molar refractivity (Wildman–Crippen MR) is 98.4 cm³/mol. The molecule has 0 saturated heterocycles. The number of hydrogen-bond donors (Lipinski definition) is 3. The summed E-state index contributed by atoms with van der Waals surface area (Å²) in [6.45, 7) is 0.415. The molecule has 0 amide bonds. The molecular weight excluding hydrogens is 338 g/mol. The van der Waals surface area contributed by atoms with Crippen molar-refractivity contribution in [2.45, 2.75) is 6.54 Å². The molecule has 0 aliphatic rings. The fourth-order valence-corrected chi connectivity index (χ4v) is 2.69. The molecular formula is C18H18BFN2O4. The maximum absolute atomic E-state index is 13.9. The molecule has 134 valence electrons. The van der Waals surface area contributed by atoms with Crippen LogP contribution in [0, 0.1) is 5.82 Å². The second-order valence-electron chi connectivity index (χ2n) is 5.63. The zero-order chi connectivity index (χ0) is 18.7. The number of anilines is 1. The second-order valence-corrected chi connectivity index (χ2v) is 5.63. The first kappa shape index (κ1) is 18.0. The average Bonchev–Trinajstić information content (AvgIpc) is 2.66. The largest absolute Gasteiger partial charge is 0.497 e. The van der Waals surface area contributed by atoms with E-state index in [1.807, 2.05) is 12.1 Å². The third-order valence-corrected chi connectivity index (χ3v) is 4.07. The van der Waals surface area contributed by atoms with Gasteiger partial charge in [0, 0.05) is 29.0 Å². The highest BCUT2D eigenvalue weighted by Gasteiger charge is 2.18. The van der Waals surface area contributed by atoms with Gasteiger partial charge in [-0.05, 0) is 30.3 Å². The summed E-state index contributed by atoms with van der Waals surface area (Å²) < 4.78 is 24.5. The second kappa shape index (κ2) is 7.59. The van der Waals surface area contributed by atoms with E-state index in [9.17, 15) is 14.4 Å². The van der Waals surface area contributed by atoms with Crippen LogP contribution >= 0.6 is 0 Å². The van der Waals surface area contributed by atoms with Crippen molar-refractivity contribution < 1.29 is 23.9 Å². The lowest BCUT2D eigenvalue weighted by Crippen LogP contribution is -2.31. The average molecular weight is 356 g/mol. The molecule has 0 fully saturated rings. The van der Waals surface area contributed by atoms with E-state index >= 15 is 0 Å². The van der Waals surface area contributed by atoms with Gasteiger partial charge in [-0.2, -0.15) is 0 Å². The molecule has 0 unspecified atom stereocenters. The molecule has 0 saturated carbocycles. The van der Waals surface area contributed by atoms with Gasteiger partial charge >= 0.3 is 7.12 Å². The van der Waals surface area contributed by atoms with Crippen molar-refractivity contribution in [2.75, 3.05) is 19.5 Å². The van der Waals surface area contributed by atoms with Gasteiger partial charge in [-0.15, -0.1) is 0 Å². The lowest BCUT2D eigenvalue weighted by Gasteiger charge is -2.13. The van der Waals surface area contributed by atoms with Crippen LogP contribution in [0.3, 0.4) is 0 Å². The zero-order valence-electron chi connectivity index (χ0n) is 14.4. The van der Waals surface area contributed by atoms with E-state index in [1.54, 1.807) is 32.4 Å². The van der Waals surface area contributed by atoms with E-state index in [2.05, 4.69) is 10.3 Å². The number of methoxy groups -OCH3 is 2. The summed E-state index contributed by atoms with van der Waals surface area (Å²) in [5.41, 5.74) is 1.23. The lowest BCUT2D eigenvalue weighted by molar-refractivity contribution is 0.391. The number of pyridine rings is 1. The summed E-state index contributed by atoms with van der Waals surface area (Å²) in [6.07, 6.45) is 0. The third kappa shape index (κ3) is 3.56. The molecule has 0 bridgehead atoms. The Kier molecular flexibility index (Phi) is 5.25. The predicted octanol–water partition coefficient (Wildman–Crippen LogP) is 1.68. The molecule has 26 heavy (non-hydrogen) atoms. The number of benzene rings is 2. The first-order valence-corrected chi connectivity index (χ1v) is 7.93. The quantitative estimate of drug-likeness (QED) is 0.583. The van der Waals surface area contributed by atoms with Crippen LogP contribution in [0.1, 0.15) is 5.56 Å². The van der Waals surface area contributed by atoms with Gasteiger partial charge in [0.05, 0.1) is 19.7 Å². The number of rotatable bonds is 6. The molecule has 1 heterocycles. The Morgan fingerprint density at radius 2 is 1.88 bits per heavy atom. The lowest BCUT2D eigenvalue weighted by atomic mass is 9.79. The molecule has 8 heteroatoms. The van der Waals surface area contributed by atoms with Crippen molar-refractivity contribution in [3.05, 3.63) is 53.8 Å². The highest BCUT2D eigenvalue weighted by molar-refractivity contribution is 6.61. The summed E-state index contributed by atoms with van der Waals surface area (Å²) in [6, 6.07) is 11.2. The van der Waals surface area contributed by atoms with E-state index in [1.165, 1.54) is 12.1 Å². The Bertz CT molecular complexity index is 936. The van der Waals surface area contributed by atoms with Gasteiger partial charge in [0.1, 0.15) is 23.1 Å². The van der Waals surface area contributed by atoms with Crippen LogP contribution in [0.5, 0.6) is 11.5 Å². The van der Waals surface area contributed by atoms with Crippen LogP contribution in [0.2, 0.25) is 0 Å². The maximum atomic E-state index is 13.9. The number of halogens is 1. The van der Waals surface area contributed by atoms with Crippen molar-refractivity contribution in [1.82, 2.24) is 4.98 Å². The van der Waals surface area contributed by atoms with E-state index in [0.717, 1.165) is 5.56 Å². The summed E-state index contributed by atoms with van der Waals surface area (Å²) in [4.78, 5) is 4.32. The molecule has 3 rings (SSSR count). The van der Waals surface area contributed by atoms with E-state index in [0.29, 0.717) is 23.9 Å². The maximum Gasteiger partial charge on any atom is 0.490 e. The minimum Gasteiger partial charge on any atom is -0.497 e. The van der Waals surface area contributed by atoms with Crippen molar-refractivity contribution in [2.24, 2.45) is 0 Å². The monoisotopic (exact) mass is 356 g/mol. The summed E-state index contributed by atoms with van der Waals surface area (Å²) in [5.74, 6) is 1.35. The molecule has 2 aromatic carbocycles. The van der Waals surface area contributed by atoms with Gasteiger partial charge in [0.25, 0.3) is 0 Å². The van der Waals surface area contributed by atoms with Gasteiger partial charge < -0.3 is 24.8 Å². The van der Waals surface area contributed by atoms with Crippen LogP contribution < -0.4 is 20.3 Å². The Hall–Kier alpha value is -2.84. The Labute approximate surface area is 150 Å². The Morgan fingerprint density at radius 3 is 2.58 bits per heavy atom. The molecule has 3 aromatic rings. The normalized spacial score (nSPS) is 10.7. The highest BCUT2D eigenvalue weighted by atomic mass is 19.1. The smallest absolute Gasteiger partial charge is 0.490 e. The molecule has 3 N–H and O–H groups in total. The molecule has 0 aliphatic heterocycles. The van der Waals surface area contributed by atoms with Gasteiger partial charge in [-0.25, -0.2) is 9.37 Å². The first-order chi connectivity index (χ1) is 12.5. The first-order valence-electron chi connectivity index (χ1n) is 7.93. The van der Waals surface area contributed by atoms with Crippen LogP contribution in [0.4, 0.5) is 10.2 Å². The van der Waals surface area contributed by atoms with Crippen molar-refractivity contribution in [1.29, 1.82) is 0 Å². The van der Waals surface area contributed by atoms with Gasteiger partial charge in [-0.1, -0.05) is 6.07 Å². The van der Waals surface area contributed by atoms with E-state index in [4.69, 9.17) is 9.47 Å². The van der Waals surface area contributed by atoms with Crippen molar-refractivity contribution in [3.8, 4) is 11.5 Å². The van der Waals surface area contributed by atoms with E-state index in [-0.39, 0.29) is 16.4 Å². The minimum absolute atomic E-state index is 0.145. The van der Waals surface area contributed by atoms with Crippen molar-refractivity contribution in [3.63, 3.8) is 0 Å². The van der Waals surface area contributed by atoms with Gasteiger partial charge in [0.15, 0.2) is 0 Å². The van der Waals surface area contributed by atoms with Gasteiger partial charge in [-0.3, -0.25) is 0 Å². The van der Waals surface area contributed by atoms with E-state index < -0.39 is 12.9 Å². The number of nitrogens with one attached hydrogen (secondary N) is 1. The zero-order valence-corrected chi connectivity index (χ0v) is 14.4. The number of aromatic nitrogens is 1. The fraction of sp³-hybridized carbons (Fsp3) is 0.167. The molecule has 6 nitrogen and oxygen atoms in total. The number of hydrogen-bond acceptors (Lipinski definition) is 6. The summed E-state index contributed by atoms with van der Waals surface area (Å²) in [7, 11) is 1.42. The highest BCUT2D eigenvalue weighted by Crippen LogP contribution is 2.25. The number of nitrogens with zero attached hydrogens (tertiary/aromatic N) is 1. The van der Waals surface area contributed by atoms with Crippen LogP contribution in [-0.4, -0.2) is 36.4 Å². The number of ether oxygens (including phenoxy) is 2. The summed E-state index contributed by atoms with van der Waals surface area (Å²) in [5, 5.41) is 22.3. The molecule has 0 aliphatic carbocycles. The van der Waals surface area contributed by atoms with Crippen LogP contribution in [0.15, 0.2) is 42.5 Å². The topological polar surface area (TPSA) is 83.8 Å². The number of fused-ring (bicyclic) bond motifs is 1. The van der Waals surface area contributed by atoms with Crippen molar-refractivity contribution >= 4 is 29.3 Å². The Morgan fingerprint density at radius 1 is 1.08 bits per heavy atom. The van der Waals surface area contributed by atoms with Crippen LogP contribution in [0.25, 0.3) is 10.9 Å². The molecule has 0 spiro atoms. The third-order valence-electron chi connectivity index (χ3n) is 4.07.